The van der Waals surface area contributed by atoms with Gasteiger partial charge in [-0.25, -0.2) is 0 Å². The average Bonchev–Trinajstić information content (AvgIpc) is 2.40. The van der Waals surface area contributed by atoms with Crippen molar-refractivity contribution >= 4 is 5.97 Å². The van der Waals surface area contributed by atoms with Gasteiger partial charge in [0, 0.05) is 0 Å². The molecule has 3 heteroatoms. The molecule has 0 radical (unpaired) electrons. The zero-order chi connectivity index (χ0) is 13.6. The van der Waals surface area contributed by atoms with Gasteiger partial charge in [0.25, 0.3) is 0 Å². The highest BCUT2D eigenvalue weighted by atomic mass is 16.5. The number of carbonyl (C=O) groups is 1. The Morgan fingerprint density at radius 3 is 2.53 bits per heavy atom. The molecule has 2 rings (SSSR count). The number of likely N-dealkylation sites (N-methyl/N-ethyl adjacent to an activating group) is 1. The molecule has 0 atom stereocenters. The Bertz CT molecular complexity index is 396. The van der Waals surface area contributed by atoms with E-state index in [9.17, 15) is 4.79 Å². The first-order valence-electron chi connectivity index (χ1n) is 7.21. The number of esters is 1. The molecule has 1 saturated heterocycles. The van der Waals surface area contributed by atoms with Gasteiger partial charge in [-0.2, -0.15) is 0 Å². The molecule has 1 aromatic rings. The molecule has 0 unspecified atom stereocenters. The van der Waals surface area contributed by atoms with E-state index in [0.29, 0.717) is 13.0 Å². The topological polar surface area (TPSA) is 26.3 Å². The lowest BCUT2D eigenvalue weighted by atomic mass is 10.1. The molecule has 0 saturated carbocycles. The van der Waals surface area contributed by atoms with Crippen LogP contribution in [0.5, 0.6) is 0 Å². The number of nitrogens with zero attached hydrogens (tertiary/aromatic N) is 1. The molecule has 19 heavy (non-hydrogen) atoms. The summed E-state index contributed by atoms with van der Waals surface area (Å²) >= 11 is 0. The molecule has 104 valence electrons. The van der Waals surface area contributed by atoms with Crippen LogP contribution < -0.4 is 0 Å². The molecule has 1 aromatic carbocycles. The lowest BCUT2D eigenvalue weighted by Gasteiger charge is -2.37. The molecule has 0 N–H and O–H groups in total. The summed E-state index contributed by atoms with van der Waals surface area (Å²) in [7, 11) is 2.27. The predicted octanol–water partition coefficient (Wildman–Crippen LogP) is 2.40. The smallest absolute Gasteiger partial charge is 0.310 e. The maximum absolute atomic E-state index is 11.7. The molecule has 1 aliphatic rings. The number of hydrogen-bond acceptors (Lipinski definition) is 2. The normalized spacial score (nSPS) is 17.9. The second-order valence-electron chi connectivity index (χ2n) is 5.73. The largest absolute Gasteiger partial charge is 0.459 e. The summed E-state index contributed by atoms with van der Waals surface area (Å²) in [6.07, 6.45) is 4.33. The number of ether oxygens (including phenoxy) is 1. The zero-order valence-corrected chi connectivity index (χ0v) is 11.8. The number of benzene rings is 1. The molecule has 1 heterocycles. The van der Waals surface area contributed by atoms with Crippen LogP contribution in [0.1, 0.15) is 24.8 Å². The molecule has 0 spiro atoms. The third-order valence-corrected chi connectivity index (χ3v) is 3.98. The SMILES string of the molecule is C[N+]1(CCOC(=O)Cc2ccccc2)CCCCC1. The van der Waals surface area contributed by atoms with Gasteiger partial charge >= 0.3 is 5.97 Å². The third kappa shape index (κ3) is 4.67. The molecule has 0 aromatic heterocycles. The first kappa shape index (κ1) is 14.1. The van der Waals surface area contributed by atoms with Crippen LogP contribution in [0, 0.1) is 0 Å². The van der Waals surface area contributed by atoms with E-state index in [4.69, 9.17) is 4.74 Å². The van der Waals surface area contributed by atoms with Gasteiger partial charge in [-0.05, 0) is 24.8 Å². The fourth-order valence-electron chi connectivity index (χ4n) is 2.69. The highest BCUT2D eigenvalue weighted by Gasteiger charge is 2.24. The van der Waals surface area contributed by atoms with Crippen LogP contribution in [-0.2, 0) is 16.0 Å². The molecule has 0 amide bonds. The van der Waals surface area contributed by atoms with Crippen molar-refractivity contribution in [2.24, 2.45) is 0 Å². The summed E-state index contributed by atoms with van der Waals surface area (Å²) in [5.41, 5.74) is 1.02. The summed E-state index contributed by atoms with van der Waals surface area (Å²) in [6.45, 7) is 3.93. The Kier molecular flexibility index (Phi) is 4.97. The van der Waals surface area contributed by atoms with Gasteiger partial charge in [0.2, 0.25) is 0 Å². The van der Waals surface area contributed by atoms with Crippen LogP contribution in [0.4, 0.5) is 0 Å². The maximum Gasteiger partial charge on any atom is 0.310 e. The van der Waals surface area contributed by atoms with E-state index in [0.717, 1.165) is 16.6 Å². The summed E-state index contributed by atoms with van der Waals surface area (Å²) in [5.74, 6) is -0.116. The minimum atomic E-state index is -0.116. The van der Waals surface area contributed by atoms with Gasteiger partial charge in [-0.1, -0.05) is 30.3 Å². The molecule has 0 bridgehead atoms. The molecular formula is C16H24NO2+. The quantitative estimate of drug-likeness (QED) is 0.601. The van der Waals surface area contributed by atoms with E-state index in [1.54, 1.807) is 0 Å². The van der Waals surface area contributed by atoms with Crippen LogP contribution in [0.25, 0.3) is 0 Å². The van der Waals surface area contributed by atoms with E-state index in [-0.39, 0.29) is 5.97 Å². The summed E-state index contributed by atoms with van der Waals surface area (Å²) in [5, 5.41) is 0. The Morgan fingerprint density at radius 1 is 1.16 bits per heavy atom. The van der Waals surface area contributed by atoms with Gasteiger partial charge in [-0.3, -0.25) is 4.79 Å². The van der Waals surface area contributed by atoms with Crippen molar-refractivity contribution in [2.45, 2.75) is 25.7 Å². The van der Waals surface area contributed by atoms with Gasteiger partial charge < -0.3 is 9.22 Å². The van der Waals surface area contributed by atoms with Crippen molar-refractivity contribution in [3.05, 3.63) is 35.9 Å². The second kappa shape index (κ2) is 6.71. The van der Waals surface area contributed by atoms with E-state index in [2.05, 4.69) is 7.05 Å². The highest BCUT2D eigenvalue weighted by molar-refractivity contribution is 5.72. The number of likely N-dealkylation sites (tertiary alicyclic amines) is 1. The van der Waals surface area contributed by atoms with Crippen LogP contribution in [0.2, 0.25) is 0 Å². The van der Waals surface area contributed by atoms with Crippen molar-refractivity contribution in [1.29, 1.82) is 0 Å². The van der Waals surface area contributed by atoms with Gasteiger partial charge in [0.05, 0.1) is 26.6 Å². The highest BCUT2D eigenvalue weighted by Crippen LogP contribution is 2.15. The van der Waals surface area contributed by atoms with Gasteiger partial charge in [0.1, 0.15) is 13.2 Å². The number of hydrogen-bond donors (Lipinski definition) is 0. The molecular weight excluding hydrogens is 238 g/mol. The van der Waals surface area contributed by atoms with E-state index in [1.165, 1.54) is 32.4 Å². The standard InChI is InChI=1S/C16H24NO2/c1-17(10-6-3-7-11-17)12-13-19-16(18)14-15-8-4-2-5-9-15/h2,4-5,8-9H,3,6-7,10-14H2,1H3/q+1. The summed E-state index contributed by atoms with van der Waals surface area (Å²) in [4.78, 5) is 11.7. The second-order valence-corrected chi connectivity index (χ2v) is 5.73. The van der Waals surface area contributed by atoms with E-state index >= 15 is 0 Å². The van der Waals surface area contributed by atoms with Gasteiger partial charge in [-0.15, -0.1) is 0 Å². The Morgan fingerprint density at radius 2 is 1.84 bits per heavy atom. The van der Waals surface area contributed by atoms with E-state index in [1.807, 2.05) is 30.3 Å². The fraction of sp³-hybridized carbons (Fsp3) is 0.562. The lowest BCUT2D eigenvalue weighted by Crippen LogP contribution is -2.49. The lowest BCUT2D eigenvalue weighted by molar-refractivity contribution is -0.914. The Labute approximate surface area is 115 Å². The fourth-order valence-corrected chi connectivity index (χ4v) is 2.69. The molecule has 1 fully saturated rings. The zero-order valence-electron chi connectivity index (χ0n) is 11.8. The molecule has 0 aliphatic carbocycles. The number of carbonyl (C=O) groups excluding carboxylic acids is 1. The van der Waals surface area contributed by atoms with Crippen LogP contribution in [-0.4, -0.2) is 43.7 Å². The van der Waals surface area contributed by atoms with Crippen LogP contribution in [0.3, 0.4) is 0 Å². The first-order valence-corrected chi connectivity index (χ1v) is 7.21. The average molecular weight is 262 g/mol. The number of piperidine rings is 1. The van der Waals surface area contributed by atoms with Crippen LogP contribution in [0.15, 0.2) is 30.3 Å². The first-order chi connectivity index (χ1) is 9.18. The van der Waals surface area contributed by atoms with Crippen LogP contribution >= 0.6 is 0 Å². The Hall–Kier alpha value is -1.35. The number of quaternary nitrogens is 1. The van der Waals surface area contributed by atoms with Crippen molar-refractivity contribution in [3.8, 4) is 0 Å². The Balaban J connectivity index is 1.69. The monoisotopic (exact) mass is 262 g/mol. The number of rotatable bonds is 5. The summed E-state index contributed by atoms with van der Waals surface area (Å²) in [6, 6.07) is 9.76. The third-order valence-electron chi connectivity index (χ3n) is 3.98. The molecule has 3 nitrogen and oxygen atoms in total. The van der Waals surface area contributed by atoms with Crippen molar-refractivity contribution in [3.63, 3.8) is 0 Å². The maximum atomic E-state index is 11.7. The van der Waals surface area contributed by atoms with Crippen molar-refractivity contribution in [2.75, 3.05) is 33.3 Å². The van der Waals surface area contributed by atoms with Gasteiger partial charge in [0.15, 0.2) is 0 Å². The van der Waals surface area contributed by atoms with Crippen molar-refractivity contribution < 1.29 is 14.0 Å². The summed E-state index contributed by atoms with van der Waals surface area (Å²) < 4.78 is 6.41. The minimum Gasteiger partial charge on any atom is -0.459 e. The predicted molar refractivity (Wildman–Crippen MR) is 75.7 cm³/mol. The molecule has 1 aliphatic heterocycles. The van der Waals surface area contributed by atoms with Crippen molar-refractivity contribution in [1.82, 2.24) is 0 Å². The van der Waals surface area contributed by atoms with E-state index < -0.39 is 0 Å². The minimum absolute atomic E-state index is 0.116.